The van der Waals surface area contributed by atoms with Crippen molar-refractivity contribution in [2.75, 3.05) is 13.1 Å². The van der Waals surface area contributed by atoms with Gasteiger partial charge in [-0.3, -0.25) is 0 Å². The third-order valence-electron chi connectivity index (χ3n) is 4.90. The highest BCUT2D eigenvalue weighted by Gasteiger charge is 2.26. The first kappa shape index (κ1) is 17.0. The third kappa shape index (κ3) is 3.97. The number of hydrogen-bond donors (Lipinski definition) is 1. The second-order valence-corrected chi connectivity index (χ2v) is 6.83. The van der Waals surface area contributed by atoms with E-state index in [1.807, 2.05) is 4.90 Å². The fraction of sp³-hybridized carbons (Fsp3) is 0.611. The molecule has 1 aliphatic heterocycles. The SMILES string of the molecule is CC1CCCN(C(=O)NC2CCCc3cc(OC(F)F)ccc32)C1. The van der Waals surface area contributed by atoms with Gasteiger partial charge in [0.1, 0.15) is 5.75 Å². The largest absolute Gasteiger partial charge is 0.435 e. The molecule has 1 heterocycles. The highest BCUT2D eigenvalue weighted by molar-refractivity contribution is 5.75. The summed E-state index contributed by atoms with van der Waals surface area (Å²) in [5.41, 5.74) is 2.00. The van der Waals surface area contributed by atoms with Crippen LogP contribution in [0.15, 0.2) is 18.2 Å². The number of carbonyl (C=O) groups excluding carboxylic acids is 1. The van der Waals surface area contributed by atoms with E-state index >= 15 is 0 Å². The number of alkyl halides is 2. The van der Waals surface area contributed by atoms with Crippen LogP contribution in [0.3, 0.4) is 0 Å². The van der Waals surface area contributed by atoms with Crippen LogP contribution in [0.25, 0.3) is 0 Å². The molecule has 4 nitrogen and oxygen atoms in total. The Morgan fingerprint density at radius 1 is 1.33 bits per heavy atom. The molecule has 0 saturated carbocycles. The van der Waals surface area contributed by atoms with Crippen molar-refractivity contribution >= 4 is 6.03 Å². The molecule has 2 atom stereocenters. The zero-order valence-electron chi connectivity index (χ0n) is 13.9. The lowest BCUT2D eigenvalue weighted by molar-refractivity contribution is -0.0499. The quantitative estimate of drug-likeness (QED) is 0.901. The molecule has 6 heteroatoms. The molecular weight excluding hydrogens is 314 g/mol. The van der Waals surface area contributed by atoms with E-state index in [1.54, 1.807) is 18.2 Å². The number of likely N-dealkylation sites (tertiary alicyclic amines) is 1. The van der Waals surface area contributed by atoms with Gasteiger partial charge >= 0.3 is 12.6 Å². The summed E-state index contributed by atoms with van der Waals surface area (Å²) in [6, 6.07) is 4.95. The van der Waals surface area contributed by atoms with E-state index < -0.39 is 6.61 Å². The molecule has 0 bridgehead atoms. The van der Waals surface area contributed by atoms with Crippen molar-refractivity contribution in [2.24, 2.45) is 5.92 Å². The second kappa shape index (κ2) is 7.36. The monoisotopic (exact) mass is 338 g/mol. The summed E-state index contributed by atoms with van der Waals surface area (Å²) in [6.45, 7) is 0.951. The van der Waals surface area contributed by atoms with Gasteiger partial charge in [0.25, 0.3) is 0 Å². The molecule has 2 amide bonds. The highest BCUT2D eigenvalue weighted by atomic mass is 19.3. The third-order valence-corrected chi connectivity index (χ3v) is 4.90. The van der Waals surface area contributed by atoms with Crippen LogP contribution in [-0.2, 0) is 6.42 Å². The molecule has 1 aromatic carbocycles. The van der Waals surface area contributed by atoms with E-state index in [4.69, 9.17) is 0 Å². The van der Waals surface area contributed by atoms with Gasteiger partial charge in [0.05, 0.1) is 6.04 Å². The molecule has 1 fully saturated rings. The van der Waals surface area contributed by atoms with Crippen LogP contribution in [0.5, 0.6) is 5.75 Å². The van der Waals surface area contributed by atoms with Crippen molar-refractivity contribution in [2.45, 2.75) is 51.7 Å². The molecule has 2 aliphatic rings. The Kier molecular flexibility index (Phi) is 5.21. The molecule has 24 heavy (non-hydrogen) atoms. The molecule has 1 aliphatic carbocycles. The van der Waals surface area contributed by atoms with Gasteiger partial charge in [-0.15, -0.1) is 0 Å². The lowest BCUT2D eigenvalue weighted by Gasteiger charge is -2.34. The van der Waals surface area contributed by atoms with Crippen LogP contribution in [0.4, 0.5) is 13.6 Å². The fourth-order valence-corrected chi connectivity index (χ4v) is 3.73. The average Bonchev–Trinajstić information content (AvgIpc) is 2.54. The summed E-state index contributed by atoms with van der Waals surface area (Å²) < 4.78 is 29.2. The Hall–Kier alpha value is -1.85. The number of piperidine rings is 1. The predicted molar refractivity (Wildman–Crippen MR) is 87.3 cm³/mol. The maximum absolute atomic E-state index is 12.5. The normalized spacial score (nSPS) is 23.8. The number of ether oxygens (including phenoxy) is 1. The summed E-state index contributed by atoms with van der Waals surface area (Å²) in [5.74, 6) is 0.720. The van der Waals surface area contributed by atoms with Crippen molar-refractivity contribution in [3.8, 4) is 5.75 Å². The minimum atomic E-state index is -2.82. The van der Waals surface area contributed by atoms with Crippen LogP contribution in [0.1, 0.15) is 49.8 Å². The molecular formula is C18H24F2N2O2. The van der Waals surface area contributed by atoms with Crippen LogP contribution < -0.4 is 10.1 Å². The van der Waals surface area contributed by atoms with Gasteiger partial charge in [-0.2, -0.15) is 8.78 Å². The van der Waals surface area contributed by atoms with Gasteiger partial charge in [-0.05, 0) is 61.3 Å². The Morgan fingerprint density at radius 3 is 2.92 bits per heavy atom. The Morgan fingerprint density at radius 2 is 2.17 bits per heavy atom. The summed E-state index contributed by atoms with van der Waals surface area (Å²) in [7, 11) is 0. The van der Waals surface area contributed by atoms with E-state index in [1.165, 1.54) is 6.42 Å². The molecule has 0 spiro atoms. The zero-order valence-corrected chi connectivity index (χ0v) is 13.9. The van der Waals surface area contributed by atoms with Gasteiger partial charge in [-0.1, -0.05) is 13.0 Å². The highest BCUT2D eigenvalue weighted by Crippen LogP contribution is 2.33. The summed E-state index contributed by atoms with van der Waals surface area (Å²) in [4.78, 5) is 14.4. The first-order valence-corrected chi connectivity index (χ1v) is 8.66. The van der Waals surface area contributed by atoms with Crippen LogP contribution in [0.2, 0.25) is 0 Å². The van der Waals surface area contributed by atoms with Crippen molar-refractivity contribution in [3.05, 3.63) is 29.3 Å². The molecule has 1 aromatic rings. The Labute approximate surface area is 141 Å². The number of benzene rings is 1. The van der Waals surface area contributed by atoms with Crippen molar-refractivity contribution in [3.63, 3.8) is 0 Å². The maximum Gasteiger partial charge on any atom is 0.387 e. The van der Waals surface area contributed by atoms with Crippen molar-refractivity contribution in [1.82, 2.24) is 10.2 Å². The summed E-state index contributed by atoms with van der Waals surface area (Å²) in [6.07, 6.45) is 4.83. The minimum Gasteiger partial charge on any atom is -0.435 e. The minimum absolute atomic E-state index is 0.0210. The predicted octanol–water partition coefficient (Wildman–Crippen LogP) is 4.11. The number of hydrogen-bond acceptors (Lipinski definition) is 2. The van der Waals surface area contributed by atoms with E-state index in [2.05, 4.69) is 17.0 Å². The molecule has 0 aromatic heterocycles. The van der Waals surface area contributed by atoms with E-state index in [0.717, 1.165) is 49.9 Å². The van der Waals surface area contributed by atoms with Crippen molar-refractivity contribution in [1.29, 1.82) is 0 Å². The Balaban J connectivity index is 1.69. The van der Waals surface area contributed by atoms with E-state index in [0.29, 0.717) is 5.92 Å². The summed E-state index contributed by atoms with van der Waals surface area (Å²) >= 11 is 0. The lowest BCUT2D eigenvalue weighted by Crippen LogP contribution is -2.46. The number of urea groups is 1. The molecule has 1 N–H and O–H groups in total. The van der Waals surface area contributed by atoms with Crippen LogP contribution in [-0.4, -0.2) is 30.6 Å². The first-order valence-electron chi connectivity index (χ1n) is 8.66. The lowest BCUT2D eigenvalue weighted by atomic mass is 9.87. The average molecular weight is 338 g/mol. The molecule has 3 rings (SSSR count). The number of carbonyl (C=O) groups is 1. The molecule has 0 radical (unpaired) electrons. The number of nitrogens with zero attached hydrogens (tertiary/aromatic N) is 1. The van der Waals surface area contributed by atoms with Gasteiger partial charge in [0, 0.05) is 13.1 Å². The van der Waals surface area contributed by atoms with Gasteiger partial charge in [0.15, 0.2) is 0 Å². The summed E-state index contributed by atoms with van der Waals surface area (Å²) in [5, 5.41) is 3.12. The number of halogens is 2. The second-order valence-electron chi connectivity index (χ2n) is 6.83. The van der Waals surface area contributed by atoms with Crippen LogP contribution >= 0.6 is 0 Å². The van der Waals surface area contributed by atoms with Gasteiger partial charge in [0.2, 0.25) is 0 Å². The van der Waals surface area contributed by atoms with Crippen molar-refractivity contribution < 1.29 is 18.3 Å². The smallest absolute Gasteiger partial charge is 0.387 e. The number of rotatable bonds is 3. The molecule has 2 unspecified atom stereocenters. The molecule has 1 saturated heterocycles. The topological polar surface area (TPSA) is 41.6 Å². The van der Waals surface area contributed by atoms with Gasteiger partial charge < -0.3 is 15.0 Å². The number of amides is 2. The van der Waals surface area contributed by atoms with E-state index in [-0.39, 0.29) is 17.8 Å². The van der Waals surface area contributed by atoms with Gasteiger partial charge in [-0.25, -0.2) is 4.79 Å². The first-order chi connectivity index (χ1) is 11.5. The number of nitrogens with one attached hydrogen (secondary N) is 1. The van der Waals surface area contributed by atoms with Crippen LogP contribution in [0, 0.1) is 5.92 Å². The molecule has 132 valence electrons. The number of aryl methyl sites for hydroxylation is 1. The number of fused-ring (bicyclic) bond motifs is 1. The Bertz CT molecular complexity index is 594. The zero-order chi connectivity index (χ0) is 17.1. The maximum atomic E-state index is 12.5. The van der Waals surface area contributed by atoms with E-state index in [9.17, 15) is 13.6 Å². The fourth-order valence-electron chi connectivity index (χ4n) is 3.73. The standard InChI is InChI=1S/C18H24F2N2O2/c1-12-4-3-9-22(11-12)18(23)21-16-6-2-5-13-10-14(24-17(19)20)7-8-15(13)16/h7-8,10,12,16-17H,2-6,9,11H2,1H3,(H,21,23).